The molecule has 2 rings (SSSR count). The van der Waals surface area contributed by atoms with Gasteiger partial charge in [0.25, 0.3) is 0 Å². The first-order valence-corrected chi connectivity index (χ1v) is 7.95. The maximum atomic E-state index is 12.1. The zero-order chi connectivity index (χ0) is 14.0. The second kappa shape index (κ2) is 5.28. The Morgan fingerprint density at radius 2 is 2.11 bits per heavy atom. The molecule has 0 atom stereocenters. The second-order valence-electron chi connectivity index (χ2n) is 4.19. The van der Waals surface area contributed by atoms with E-state index in [1.165, 1.54) is 28.8 Å². The summed E-state index contributed by atoms with van der Waals surface area (Å²) in [4.78, 5) is 6.09. The standard InChI is InChI=1S/C12H15N3O2S2/c1-8-5-10(18-9(8)2)7-15-19(16,17)11-3-4-14-12(13)6-11/h3-6,15H,7H2,1-2H3,(H2,13,14). The Morgan fingerprint density at radius 1 is 1.37 bits per heavy atom. The van der Waals surface area contributed by atoms with E-state index in [0.29, 0.717) is 0 Å². The SMILES string of the molecule is Cc1cc(CNS(=O)(=O)c2ccnc(N)c2)sc1C. The molecule has 0 saturated heterocycles. The van der Waals surface area contributed by atoms with Crippen molar-refractivity contribution in [1.82, 2.24) is 9.71 Å². The number of sulfonamides is 1. The zero-order valence-corrected chi connectivity index (χ0v) is 12.3. The lowest BCUT2D eigenvalue weighted by Gasteiger charge is -2.05. The van der Waals surface area contributed by atoms with Crippen LogP contribution in [0.15, 0.2) is 29.3 Å². The molecule has 7 heteroatoms. The number of nitrogen functional groups attached to an aromatic ring is 1. The van der Waals surface area contributed by atoms with Gasteiger partial charge in [-0.05, 0) is 31.5 Å². The Kier molecular flexibility index (Phi) is 3.88. The number of pyridine rings is 1. The molecule has 0 fully saturated rings. The number of nitrogens with zero attached hydrogens (tertiary/aromatic N) is 1. The number of hydrogen-bond donors (Lipinski definition) is 2. The van der Waals surface area contributed by atoms with Crippen LogP contribution in [-0.2, 0) is 16.6 Å². The summed E-state index contributed by atoms with van der Waals surface area (Å²) in [6, 6.07) is 4.75. The summed E-state index contributed by atoms with van der Waals surface area (Å²) in [5.74, 6) is 0.186. The van der Waals surface area contributed by atoms with E-state index in [9.17, 15) is 8.42 Å². The third kappa shape index (κ3) is 3.31. The number of aromatic nitrogens is 1. The molecule has 0 unspecified atom stereocenters. The Labute approximate surface area is 116 Å². The molecule has 5 nitrogen and oxygen atoms in total. The van der Waals surface area contributed by atoms with Gasteiger partial charge in [0.1, 0.15) is 5.82 Å². The highest BCUT2D eigenvalue weighted by Crippen LogP contribution is 2.21. The van der Waals surface area contributed by atoms with Crippen LogP contribution in [0.4, 0.5) is 5.82 Å². The summed E-state index contributed by atoms with van der Waals surface area (Å²) < 4.78 is 26.7. The molecule has 0 amide bonds. The van der Waals surface area contributed by atoms with E-state index in [4.69, 9.17) is 5.73 Å². The first kappa shape index (κ1) is 14.0. The molecule has 2 heterocycles. The van der Waals surface area contributed by atoms with Gasteiger partial charge >= 0.3 is 0 Å². The van der Waals surface area contributed by atoms with Gasteiger partial charge in [0.2, 0.25) is 10.0 Å². The van der Waals surface area contributed by atoms with Gasteiger partial charge in [-0.3, -0.25) is 0 Å². The van der Waals surface area contributed by atoms with Crippen LogP contribution in [0.3, 0.4) is 0 Å². The second-order valence-corrected chi connectivity index (χ2v) is 7.30. The molecule has 0 saturated carbocycles. The van der Waals surface area contributed by atoms with Crippen molar-refractivity contribution in [1.29, 1.82) is 0 Å². The van der Waals surface area contributed by atoms with Gasteiger partial charge < -0.3 is 5.73 Å². The number of nitrogens with one attached hydrogen (secondary N) is 1. The molecular weight excluding hydrogens is 282 g/mol. The van der Waals surface area contributed by atoms with Gasteiger partial charge in [-0.1, -0.05) is 0 Å². The summed E-state index contributed by atoms with van der Waals surface area (Å²) in [6.45, 7) is 4.30. The minimum Gasteiger partial charge on any atom is -0.384 e. The number of nitrogens with two attached hydrogens (primary N) is 1. The molecule has 2 aromatic heterocycles. The number of anilines is 1. The lowest BCUT2D eigenvalue weighted by molar-refractivity contribution is 0.581. The van der Waals surface area contributed by atoms with E-state index < -0.39 is 10.0 Å². The van der Waals surface area contributed by atoms with Crippen molar-refractivity contribution in [2.75, 3.05) is 5.73 Å². The molecule has 2 aromatic rings. The first-order valence-electron chi connectivity index (χ1n) is 5.65. The third-order valence-corrected chi connectivity index (χ3v) is 5.27. The van der Waals surface area contributed by atoms with Crippen LogP contribution < -0.4 is 10.5 Å². The predicted molar refractivity (Wildman–Crippen MR) is 76.5 cm³/mol. The van der Waals surface area contributed by atoms with Crippen molar-refractivity contribution in [2.45, 2.75) is 25.3 Å². The van der Waals surface area contributed by atoms with E-state index in [1.807, 2.05) is 19.9 Å². The predicted octanol–water partition coefficient (Wildman–Crippen LogP) is 1.82. The van der Waals surface area contributed by atoms with Crippen molar-refractivity contribution in [3.63, 3.8) is 0 Å². The van der Waals surface area contributed by atoms with Gasteiger partial charge in [-0.15, -0.1) is 11.3 Å². The topological polar surface area (TPSA) is 85.1 Å². The fourth-order valence-corrected chi connectivity index (χ4v) is 3.69. The fraction of sp³-hybridized carbons (Fsp3) is 0.250. The Hall–Kier alpha value is -1.44. The monoisotopic (exact) mass is 297 g/mol. The van der Waals surface area contributed by atoms with Crippen LogP contribution in [0.1, 0.15) is 15.3 Å². The van der Waals surface area contributed by atoms with Crippen LogP contribution in [-0.4, -0.2) is 13.4 Å². The Balaban J connectivity index is 2.14. The molecule has 0 radical (unpaired) electrons. The van der Waals surface area contributed by atoms with E-state index in [0.717, 1.165) is 4.88 Å². The molecule has 0 aromatic carbocycles. The third-order valence-electron chi connectivity index (χ3n) is 2.72. The number of hydrogen-bond acceptors (Lipinski definition) is 5. The average Bonchev–Trinajstić information content (AvgIpc) is 2.67. The van der Waals surface area contributed by atoms with E-state index >= 15 is 0 Å². The zero-order valence-electron chi connectivity index (χ0n) is 10.7. The van der Waals surface area contributed by atoms with Crippen LogP contribution in [0.25, 0.3) is 0 Å². The van der Waals surface area contributed by atoms with Gasteiger partial charge in [0, 0.05) is 28.6 Å². The normalized spacial score (nSPS) is 11.7. The number of thiophene rings is 1. The summed E-state index contributed by atoms with van der Waals surface area (Å²) in [6.07, 6.45) is 1.38. The lowest BCUT2D eigenvalue weighted by Crippen LogP contribution is -2.23. The summed E-state index contributed by atoms with van der Waals surface area (Å²) in [5.41, 5.74) is 6.66. The van der Waals surface area contributed by atoms with Gasteiger partial charge in [0.05, 0.1) is 4.90 Å². The highest BCUT2D eigenvalue weighted by molar-refractivity contribution is 7.89. The van der Waals surface area contributed by atoms with E-state index in [-0.39, 0.29) is 17.3 Å². The fourth-order valence-electron chi connectivity index (χ4n) is 1.58. The minimum atomic E-state index is -3.55. The maximum absolute atomic E-state index is 12.1. The van der Waals surface area contributed by atoms with Crippen molar-refractivity contribution >= 4 is 27.2 Å². The van der Waals surface area contributed by atoms with Crippen molar-refractivity contribution in [3.8, 4) is 0 Å². The van der Waals surface area contributed by atoms with Crippen LogP contribution in [0.5, 0.6) is 0 Å². The molecule has 0 aliphatic heterocycles. The van der Waals surface area contributed by atoms with Gasteiger partial charge in [-0.25, -0.2) is 18.1 Å². The number of aryl methyl sites for hydroxylation is 2. The average molecular weight is 297 g/mol. The summed E-state index contributed by atoms with van der Waals surface area (Å²) in [5, 5.41) is 0. The van der Waals surface area contributed by atoms with Crippen molar-refractivity contribution in [2.24, 2.45) is 0 Å². The summed E-state index contributed by atoms with van der Waals surface area (Å²) in [7, 11) is -3.55. The maximum Gasteiger partial charge on any atom is 0.241 e. The summed E-state index contributed by atoms with van der Waals surface area (Å²) >= 11 is 1.59. The van der Waals surface area contributed by atoms with Crippen molar-refractivity contribution < 1.29 is 8.42 Å². The molecule has 0 bridgehead atoms. The van der Waals surface area contributed by atoms with Crippen LogP contribution in [0.2, 0.25) is 0 Å². The highest BCUT2D eigenvalue weighted by Gasteiger charge is 2.14. The Morgan fingerprint density at radius 3 is 2.68 bits per heavy atom. The highest BCUT2D eigenvalue weighted by atomic mass is 32.2. The molecule has 3 N–H and O–H groups in total. The van der Waals surface area contributed by atoms with Crippen LogP contribution in [0, 0.1) is 13.8 Å². The van der Waals surface area contributed by atoms with Gasteiger partial charge in [-0.2, -0.15) is 0 Å². The van der Waals surface area contributed by atoms with Gasteiger partial charge in [0.15, 0.2) is 0 Å². The number of rotatable bonds is 4. The van der Waals surface area contributed by atoms with E-state index in [2.05, 4.69) is 9.71 Å². The molecule has 0 aliphatic rings. The molecule has 102 valence electrons. The Bertz CT molecular complexity index is 673. The smallest absolute Gasteiger partial charge is 0.241 e. The lowest BCUT2D eigenvalue weighted by atomic mass is 10.3. The molecular formula is C12H15N3O2S2. The molecule has 19 heavy (non-hydrogen) atoms. The van der Waals surface area contributed by atoms with Crippen LogP contribution >= 0.6 is 11.3 Å². The van der Waals surface area contributed by atoms with E-state index in [1.54, 1.807) is 11.3 Å². The minimum absolute atomic E-state index is 0.130. The quantitative estimate of drug-likeness (QED) is 0.901. The molecule has 0 spiro atoms. The largest absolute Gasteiger partial charge is 0.384 e. The van der Waals surface area contributed by atoms with Crippen molar-refractivity contribution in [3.05, 3.63) is 39.7 Å². The molecule has 0 aliphatic carbocycles. The first-order chi connectivity index (χ1) is 8.88.